The molecule has 1 aromatic heterocycles. The van der Waals surface area contributed by atoms with Crippen molar-refractivity contribution >= 4 is 5.91 Å². The molecule has 0 spiro atoms. The molecule has 0 saturated carbocycles. The van der Waals surface area contributed by atoms with E-state index in [1.807, 2.05) is 6.07 Å². The molecular formula is C14H14N2O3. The molecule has 98 valence electrons. The second kappa shape index (κ2) is 5.39. The zero-order chi connectivity index (χ0) is 13.8. The van der Waals surface area contributed by atoms with Crippen LogP contribution in [-0.2, 0) is 6.54 Å². The average molecular weight is 258 g/mol. The second-order valence-electron chi connectivity index (χ2n) is 4.27. The highest BCUT2D eigenvalue weighted by Crippen LogP contribution is 2.13. The predicted octanol–water partition coefficient (Wildman–Crippen LogP) is 1.35. The summed E-state index contributed by atoms with van der Waals surface area (Å²) < 4.78 is 0. The zero-order valence-corrected chi connectivity index (χ0v) is 10.5. The van der Waals surface area contributed by atoms with Crippen LogP contribution < -0.4 is 5.56 Å². The number of nitrogens with zero attached hydrogens (tertiary/aromatic N) is 1. The molecule has 0 aliphatic rings. The van der Waals surface area contributed by atoms with E-state index in [1.54, 1.807) is 25.2 Å². The number of aromatic nitrogens is 1. The van der Waals surface area contributed by atoms with Crippen molar-refractivity contribution in [2.45, 2.75) is 6.54 Å². The van der Waals surface area contributed by atoms with E-state index in [1.165, 1.54) is 23.2 Å². The molecule has 2 rings (SSSR count). The average Bonchev–Trinajstić information content (AvgIpc) is 2.39. The number of rotatable bonds is 3. The van der Waals surface area contributed by atoms with Gasteiger partial charge in [-0.25, -0.2) is 0 Å². The van der Waals surface area contributed by atoms with Crippen LogP contribution in [0.15, 0.2) is 47.4 Å². The third-order valence-corrected chi connectivity index (χ3v) is 2.71. The molecule has 5 heteroatoms. The van der Waals surface area contributed by atoms with Crippen molar-refractivity contribution in [3.05, 3.63) is 64.1 Å². The van der Waals surface area contributed by atoms with Gasteiger partial charge in [-0.2, -0.15) is 0 Å². The summed E-state index contributed by atoms with van der Waals surface area (Å²) in [6.45, 7) is 0.381. The summed E-state index contributed by atoms with van der Waals surface area (Å²) in [7, 11) is 1.66. The van der Waals surface area contributed by atoms with Gasteiger partial charge in [-0.15, -0.1) is 0 Å². The first kappa shape index (κ1) is 12.9. The van der Waals surface area contributed by atoms with Gasteiger partial charge < -0.3 is 15.0 Å². The Labute approximate surface area is 110 Å². The normalized spacial score (nSPS) is 10.2. The smallest absolute Gasteiger partial charge is 0.255 e. The number of nitrogens with one attached hydrogen (secondary N) is 1. The number of amides is 1. The molecule has 1 aromatic carbocycles. The summed E-state index contributed by atoms with van der Waals surface area (Å²) in [5, 5.41) is 9.37. The van der Waals surface area contributed by atoms with Gasteiger partial charge in [0.25, 0.3) is 5.91 Å². The summed E-state index contributed by atoms with van der Waals surface area (Å²) in [6.07, 6.45) is 1.39. The van der Waals surface area contributed by atoms with Crippen molar-refractivity contribution in [1.82, 2.24) is 9.88 Å². The Morgan fingerprint density at radius 1 is 1.32 bits per heavy atom. The largest absolute Gasteiger partial charge is 0.508 e. The summed E-state index contributed by atoms with van der Waals surface area (Å²) in [6, 6.07) is 9.54. The quantitative estimate of drug-likeness (QED) is 0.872. The van der Waals surface area contributed by atoms with E-state index in [4.69, 9.17) is 0 Å². The van der Waals surface area contributed by atoms with Crippen molar-refractivity contribution in [2.75, 3.05) is 7.05 Å². The number of pyridine rings is 1. The van der Waals surface area contributed by atoms with E-state index >= 15 is 0 Å². The van der Waals surface area contributed by atoms with Crippen LogP contribution >= 0.6 is 0 Å². The van der Waals surface area contributed by atoms with Crippen LogP contribution in [0.1, 0.15) is 15.9 Å². The van der Waals surface area contributed by atoms with E-state index in [0.29, 0.717) is 12.1 Å². The topological polar surface area (TPSA) is 73.4 Å². The van der Waals surface area contributed by atoms with E-state index in [2.05, 4.69) is 4.98 Å². The Hall–Kier alpha value is -2.56. The summed E-state index contributed by atoms with van der Waals surface area (Å²) in [5.41, 5.74) is 1.01. The van der Waals surface area contributed by atoms with E-state index in [0.717, 1.165) is 5.56 Å². The first-order chi connectivity index (χ1) is 9.06. The molecule has 5 nitrogen and oxygen atoms in total. The van der Waals surface area contributed by atoms with E-state index in [-0.39, 0.29) is 17.2 Å². The van der Waals surface area contributed by atoms with Crippen molar-refractivity contribution in [3.8, 4) is 5.75 Å². The third kappa shape index (κ3) is 3.22. The lowest BCUT2D eigenvalue weighted by Crippen LogP contribution is -2.26. The Kier molecular flexibility index (Phi) is 3.66. The van der Waals surface area contributed by atoms with Gasteiger partial charge >= 0.3 is 0 Å². The molecule has 0 unspecified atom stereocenters. The van der Waals surface area contributed by atoms with Gasteiger partial charge in [-0.1, -0.05) is 12.1 Å². The highest BCUT2D eigenvalue weighted by molar-refractivity contribution is 5.93. The van der Waals surface area contributed by atoms with Crippen LogP contribution in [0.5, 0.6) is 5.75 Å². The molecule has 0 saturated heterocycles. The van der Waals surface area contributed by atoms with Crippen molar-refractivity contribution in [1.29, 1.82) is 0 Å². The maximum atomic E-state index is 12.1. The van der Waals surface area contributed by atoms with E-state index < -0.39 is 0 Å². The SMILES string of the molecule is CN(Cc1cccc(O)c1)C(=O)c1ccc(=O)[nH]c1. The van der Waals surface area contributed by atoms with Crippen molar-refractivity contribution in [2.24, 2.45) is 0 Å². The molecule has 19 heavy (non-hydrogen) atoms. The summed E-state index contributed by atoms with van der Waals surface area (Å²) in [4.78, 5) is 27.0. The number of aromatic amines is 1. The standard InChI is InChI=1S/C14H14N2O3/c1-16(9-10-3-2-4-12(17)7-10)14(19)11-5-6-13(18)15-8-11/h2-8,17H,9H2,1H3,(H,15,18). The minimum Gasteiger partial charge on any atom is -0.508 e. The van der Waals surface area contributed by atoms with Gasteiger partial charge in [-0.3, -0.25) is 9.59 Å². The monoisotopic (exact) mass is 258 g/mol. The number of hydrogen-bond acceptors (Lipinski definition) is 3. The molecule has 2 aromatic rings. The van der Waals surface area contributed by atoms with Crippen LogP contribution in [0.25, 0.3) is 0 Å². The fourth-order valence-electron chi connectivity index (χ4n) is 1.76. The Morgan fingerprint density at radius 3 is 2.74 bits per heavy atom. The fourth-order valence-corrected chi connectivity index (χ4v) is 1.76. The van der Waals surface area contributed by atoms with Crippen LogP contribution in [0.2, 0.25) is 0 Å². The molecule has 0 aliphatic carbocycles. The van der Waals surface area contributed by atoms with Gasteiger partial charge in [0.2, 0.25) is 5.56 Å². The van der Waals surface area contributed by atoms with Gasteiger partial charge in [0.15, 0.2) is 0 Å². The first-order valence-electron chi connectivity index (χ1n) is 5.78. The predicted molar refractivity (Wildman–Crippen MR) is 71.0 cm³/mol. The van der Waals surface area contributed by atoms with E-state index in [9.17, 15) is 14.7 Å². The maximum Gasteiger partial charge on any atom is 0.255 e. The first-order valence-corrected chi connectivity index (χ1v) is 5.78. The highest BCUT2D eigenvalue weighted by Gasteiger charge is 2.12. The number of H-pyrrole nitrogens is 1. The molecule has 0 fully saturated rings. The molecular weight excluding hydrogens is 244 g/mol. The second-order valence-corrected chi connectivity index (χ2v) is 4.27. The van der Waals surface area contributed by atoms with Crippen LogP contribution in [0, 0.1) is 0 Å². The lowest BCUT2D eigenvalue weighted by molar-refractivity contribution is 0.0784. The summed E-state index contributed by atoms with van der Waals surface area (Å²) >= 11 is 0. The number of benzene rings is 1. The third-order valence-electron chi connectivity index (χ3n) is 2.71. The van der Waals surface area contributed by atoms with Gasteiger partial charge in [0, 0.05) is 25.9 Å². The van der Waals surface area contributed by atoms with Gasteiger partial charge in [0.1, 0.15) is 5.75 Å². The van der Waals surface area contributed by atoms with Gasteiger partial charge in [0.05, 0.1) is 5.56 Å². The lowest BCUT2D eigenvalue weighted by Gasteiger charge is -2.17. The van der Waals surface area contributed by atoms with Crippen molar-refractivity contribution in [3.63, 3.8) is 0 Å². The van der Waals surface area contributed by atoms with Crippen LogP contribution in [-0.4, -0.2) is 27.9 Å². The number of carbonyl (C=O) groups excluding carboxylic acids is 1. The molecule has 1 amide bonds. The molecule has 2 N–H and O–H groups in total. The lowest BCUT2D eigenvalue weighted by atomic mass is 10.2. The van der Waals surface area contributed by atoms with Crippen molar-refractivity contribution < 1.29 is 9.90 Å². The molecule has 0 bridgehead atoms. The number of phenols is 1. The number of hydrogen-bond donors (Lipinski definition) is 2. The van der Waals surface area contributed by atoms with Crippen LogP contribution in [0.4, 0.5) is 0 Å². The Bertz CT molecular complexity index is 629. The minimum absolute atomic E-state index is 0.169. The Morgan fingerprint density at radius 2 is 2.11 bits per heavy atom. The molecule has 1 heterocycles. The highest BCUT2D eigenvalue weighted by atomic mass is 16.3. The Balaban J connectivity index is 2.11. The maximum absolute atomic E-state index is 12.1. The molecule has 0 aliphatic heterocycles. The zero-order valence-electron chi connectivity index (χ0n) is 10.5. The molecule has 0 atom stereocenters. The molecule has 0 radical (unpaired) electrons. The summed E-state index contributed by atoms with van der Waals surface area (Å²) in [5.74, 6) is -0.0259. The van der Waals surface area contributed by atoms with Gasteiger partial charge in [-0.05, 0) is 23.8 Å². The number of aromatic hydroxyl groups is 1. The number of phenolic OH excluding ortho intramolecular Hbond substituents is 1. The fraction of sp³-hybridized carbons (Fsp3) is 0.143. The minimum atomic E-state index is -0.243. The van der Waals surface area contributed by atoms with Crippen LogP contribution in [0.3, 0.4) is 0 Å². The number of carbonyl (C=O) groups is 1.